The van der Waals surface area contributed by atoms with E-state index < -0.39 is 44.5 Å². The Balaban J connectivity index is 2.25. The normalized spacial score (nSPS) is 14.3. The van der Waals surface area contributed by atoms with Crippen molar-refractivity contribution in [2.45, 2.75) is 48.6 Å². The van der Waals surface area contributed by atoms with Crippen LogP contribution in [0.25, 0.3) is 0 Å². The number of hydrogen-bond donors (Lipinski definition) is 2. The zero-order chi connectivity index (χ0) is 22.5. The number of thioether (sulfide) groups is 1. The average molecular weight is 483 g/mol. The van der Waals surface area contributed by atoms with Crippen LogP contribution in [0.4, 0.5) is 18.3 Å². The molecule has 0 aliphatic rings. The second-order valence-electron chi connectivity index (χ2n) is 6.31. The summed E-state index contributed by atoms with van der Waals surface area (Å²) in [6.45, 7) is 5.37. The van der Waals surface area contributed by atoms with Crippen LogP contribution in [-0.2, 0) is 21.0 Å². The second kappa shape index (κ2) is 10.1. The van der Waals surface area contributed by atoms with Crippen LogP contribution in [0.5, 0.6) is 0 Å². The topological polar surface area (TPSA) is 101 Å². The number of benzene rings is 1. The quantitative estimate of drug-likeness (QED) is 0.414. The average Bonchev–Trinajstić information content (AvgIpc) is 3.12. The molecule has 0 bridgehead atoms. The molecule has 7 nitrogen and oxygen atoms in total. The van der Waals surface area contributed by atoms with Crippen molar-refractivity contribution in [3.63, 3.8) is 0 Å². The van der Waals surface area contributed by atoms with E-state index in [4.69, 9.17) is 0 Å². The van der Waals surface area contributed by atoms with Crippen molar-refractivity contribution in [1.82, 2.24) is 14.9 Å². The largest absolute Gasteiger partial charge is 0.416 e. The summed E-state index contributed by atoms with van der Waals surface area (Å²) in [5, 5.41) is 10.5. The van der Waals surface area contributed by atoms with E-state index in [-0.39, 0.29) is 5.13 Å². The molecule has 0 unspecified atom stereocenters. The minimum absolute atomic E-state index is 0.211. The van der Waals surface area contributed by atoms with Gasteiger partial charge in [0.2, 0.25) is 21.1 Å². The van der Waals surface area contributed by atoms with E-state index in [1.165, 1.54) is 11.8 Å². The van der Waals surface area contributed by atoms with Gasteiger partial charge < -0.3 is 0 Å². The molecule has 2 atom stereocenters. The summed E-state index contributed by atoms with van der Waals surface area (Å²) in [7, 11) is -4.39. The molecule has 0 saturated heterocycles. The van der Waals surface area contributed by atoms with E-state index >= 15 is 0 Å². The van der Waals surface area contributed by atoms with Crippen LogP contribution in [0.2, 0.25) is 0 Å². The highest BCUT2D eigenvalue weighted by molar-refractivity contribution is 8.01. The van der Waals surface area contributed by atoms with Crippen LogP contribution < -0.4 is 10.0 Å². The van der Waals surface area contributed by atoms with Gasteiger partial charge in [-0.2, -0.15) is 17.9 Å². The number of nitrogens with zero attached hydrogens (tertiary/aromatic N) is 2. The van der Waals surface area contributed by atoms with Crippen molar-refractivity contribution < 1.29 is 26.4 Å². The van der Waals surface area contributed by atoms with Gasteiger partial charge in [0.15, 0.2) is 4.34 Å². The molecule has 13 heteroatoms. The van der Waals surface area contributed by atoms with Gasteiger partial charge in [-0.1, -0.05) is 56.4 Å². The summed E-state index contributed by atoms with van der Waals surface area (Å²) >= 11 is 2.59. The Bertz CT molecular complexity index is 980. The molecule has 30 heavy (non-hydrogen) atoms. The summed E-state index contributed by atoms with van der Waals surface area (Å²) in [5.74, 6) is -0.318. The third-order valence-electron chi connectivity index (χ3n) is 4.15. The van der Waals surface area contributed by atoms with Crippen LogP contribution in [0, 0.1) is 5.92 Å². The molecule has 2 rings (SSSR count). The van der Waals surface area contributed by atoms with Crippen LogP contribution >= 0.6 is 23.1 Å². The number of rotatable bonds is 9. The number of amides is 1. The molecule has 0 aliphatic carbocycles. The smallest absolute Gasteiger partial charge is 0.299 e. The first-order chi connectivity index (χ1) is 14.0. The molecule has 2 N–H and O–H groups in total. The fourth-order valence-corrected chi connectivity index (χ4v) is 5.37. The molecule has 0 radical (unpaired) electrons. The predicted octanol–water partition coefficient (Wildman–Crippen LogP) is 4.00. The molecule has 0 fully saturated rings. The summed E-state index contributed by atoms with van der Waals surface area (Å²) in [4.78, 5) is 12.2. The maximum atomic E-state index is 12.9. The number of nitrogens with one attached hydrogen (secondary N) is 2. The van der Waals surface area contributed by atoms with Crippen molar-refractivity contribution in [2.75, 3.05) is 11.1 Å². The molecule has 0 aliphatic heterocycles. The Hall–Kier alpha value is -1.70. The number of anilines is 1. The zero-order valence-electron chi connectivity index (χ0n) is 16.4. The summed E-state index contributed by atoms with van der Waals surface area (Å²) < 4.78 is 67.1. The molecule has 1 heterocycles. The maximum absolute atomic E-state index is 12.9. The first-order valence-electron chi connectivity index (χ1n) is 8.94. The number of halogens is 3. The van der Waals surface area contributed by atoms with Gasteiger partial charge in [0.1, 0.15) is 6.04 Å². The summed E-state index contributed by atoms with van der Waals surface area (Å²) in [6.07, 6.45) is -4.23. The van der Waals surface area contributed by atoms with Gasteiger partial charge in [-0.3, -0.25) is 10.1 Å². The monoisotopic (exact) mass is 482 g/mol. The Labute approximate surface area is 180 Å². The molecule has 0 saturated carbocycles. The van der Waals surface area contributed by atoms with Crippen LogP contribution in [-0.4, -0.2) is 36.3 Å². The molecule has 2 aromatic rings. The number of aromatic nitrogens is 2. The van der Waals surface area contributed by atoms with E-state index in [0.717, 1.165) is 35.3 Å². The van der Waals surface area contributed by atoms with E-state index in [0.29, 0.717) is 16.8 Å². The SMILES string of the molecule is CCSc1nnc(NC(=O)[C@H](NS(=O)(=O)c2cccc(C(F)(F)F)c2)[C@@H](C)CC)s1. The van der Waals surface area contributed by atoms with Gasteiger partial charge in [0.05, 0.1) is 10.5 Å². The predicted molar refractivity (Wildman–Crippen MR) is 110 cm³/mol. The van der Waals surface area contributed by atoms with Crippen LogP contribution in [0.15, 0.2) is 33.5 Å². The number of carbonyl (C=O) groups excluding carboxylic acids is 1. The number of hydrogen-bond acceptors (Lipinski definition) is 7. The highest BCUT2D eigenvalue weighted by Crippen LogP contribution is 2.31. The standard InChI is InChI=1S/C17H21F3N4O3S3/c1-4-10(3)13(14(25)21-15-22-23-16(29-15)28-5-2)24-30(26,27)12-8-6-7-11(9-12)17(18,19)20/h6-10,13,24H,4-5H2,1-3H3,(H,21,22,25)/t10-,13+/m0/s1. The Morgan fingerprint density at radius 2 is 1.97 bits per heavy atom. The Morgan fingerprint density at radius 3 is 2.57 bits per heavy atom. The van der Waals surface area contributed by atoms with E-state index in [2.05, 4.69) is 20.2 Å². The lowest BCUT2D eigenvalue weighted by Crippen LogP contribution is -2.47. The van der Waals surface area contributed by atoms with E-state index in [1.807, 2.05) is 6.92 Å². The van der Waals surface area contributed by atoms with Gasteiger partial charge in [0.25, 0.3) is 0 Å². The van der Waals surface area contributed by atoms with Crippen LogP contribution in [0.3, 0.4) is 0 Å². The van der Waals surface area contributed by atoms with Gasteiger partial charge in [-0.05, 0) is 29.9 Å². The first kappa shape index (κ1) is 24.6. The van der Waals surface area contributed by atoms with Gasteiger partial charge in [-0.15, -0.1) is 10.2 Å². The van der Waals surface area contributed by atoms with Gasteiger partial charge >= 0.3 is 6.18 Å². The second-order valence-corrected chi connectivity index (χ2v) is 10.5. The molecule has 0 spiro atoms. The van der Waals surface area contributed by atoms with Crippen molar-refractivity contribution in [3.05, 3.63) is 29.8 Å². The molecular formula is C17H21F3N4O3S3. The first-order valence-corrected chi connectivity index (χ1v) is 12.2. The molecular weight excluding hydrogens is 461 g/mol. The van der Waals surface area contributed by atoms with Gasteiger partial charge in [-0.25, -0.2) is 8.42 Å². The highest BCUT2D eigenvalue weighted by atomic mass is 32.2. The summed E-state index contributed by atoms with van der Waals surface area (Å²) in [6, 6.07) is 2.15. The third-order valence-corrected chi connectivity index (χ3v) is 7.45. The molecule has 1 aromatic heterocycles. The molecule has 1 amide bonds. The van der Waals surface area contributed by atoms with Crippen molar-refractivity contribution in [3.8, 4) is 0 Å². The Kier molecular flexibility index (Phi) is 8.25. The maximum Gasteiger partial charge on any atom is 0.416 e. The minimum atomic E-state index is -4.69. The highest BCUT2D eigenvalue weighted by Gasteiger charge is 2.34. The lowest BCUT2D eigenvalue weighted by atomic mass is 9.99. The third kappa shape index (κ3) is 6.40. The minimum Gasteiger partial charge on any atom is -0.299 e. The number of sulfonamides is 1. The van der Waals surface area contributed by atoms with Crippen LogP contribution in [0.1, 0.15) is 32.8 Å². The fraction of sp³-hybridized carbons (Fsp3) is 0.471. The van der Waals surface area contributed by atoms with E-state index in [1.54, 1.807) is 13.8 Å². The Morgan fingerprint density at radius 1 is 1.27 bits per heavy atom. The molecule has 166 valence electrons. The number of alkyl halides is 3. The molecule has 1 aromatic carbocycles. The summed E-state index contributed by atoms with van der Waals surface area (Å²) in [5.41, 5.74) is -1.09. The zero-order valence-corrected chi connectivity index (χ0v) is 18.8. The lowest BCUT2D eigenvalue weighted by molar-refractivity contribution is -0.137. The number of carbonyl (C=O) groups is 1. The van der Waals surface area contributed by atoms with Crippen molar-refractivity contribution >= 4 is 44.2 Å². The van der Waals surface area contributed by atoms with Gasteiger partial charge in [0, 0.05) is 0 Å². The van der Waals surface area contributed by atoms with Crippen molar-refractivity contribution in [2.24, 2.45) is 5.92 Å². The van der Waals surface area contributed by atoms with E-state index in [9.17, 15) is 26.4 Å². The lowest BCUT2D eigenvalue weighted by Gasteiger charge is -2.23. The van der Waals surface area contributed by atoms with Crippen molar-refractivity contribution in [1.29, 1.82) is 0 Å². The fourth-order valence-electron chi connectivity index (χ4n) is 2.36.